The molecule has 0 aliphatic carbocycles. The summed E-state index contributed by atoms with van der Waals surface area (Å²) in [5, 5.41) is 2.59. The molecule has 15 heavy (non-hydrogen) atoms. The average Bonchev–Trinajstić information content (AvgIpc) is 2.21. The van der Waals surface area contributed by atoms with Crippen molar-refractivity contribution in [1.29, 1.82) is 0 Å². The van der Waals surface area contributed by atoms with E-state index in [1.807, 2.05) is 0 Å². The number of hydrogen-bond acceptors (Lipinski definition) is 3. The van der Waals surface area contributed by atoms with Crippen LogP contribution < -0.4 is 5.32 Å². The molecule has 1 aliphatic heterocycles. The lowest BCUT2D eigenvalue weighted by Gasteiger charge is -2.26. The molecule has 0 aromatic heterocycles. The maximum Gasteiger partial charge on any atom is 0.232 e. The molecule has 1 aliphatic rings. The van der Waals surface area contributed by atoms with Crippen LogP contribution in [0.1, 0.15) is 13.8 Å². The summed E-state index contributed by atoms with van der Waals surface area (Å²) in [7, 11) is 1.57. The third kappa shape index (κ3) is 2.60. The van der Waals surface area contributed by atoms with Crippen molar-refractivity contribution in [2.75, 3.05) is 7.05 Å². The summed E-state index contributed by atoms with van der Waals surface area (Å²) in [6.45, 7) is 2.75. The summed E-state index contributed by atoms with van der Waals surface area (Å²) in [5.74, 6) is -2.93. The minimum absolute atomic E-state index is 0.152. The largest absolute Gasteiger partial charge is 0.305 e. The van der Waals surface area contributed by atoms with E-state index in [0.717, 1.165) is 6.21 Å². The molecule has 6 heteroatoms. The van der Waals surface area contributed by atoms with Crippen LogP contribution in [-0.2, 0) is 0 Å². The van der Waals surface area contributed by atoms with Crippen LogP contribution in [0, 0.1) is 0 Å². The first-order chi connectivity index (χ1) is 6.81. The number of hydrogen-bond donors (Lipinski definition) is 1. The molecule has 0 spiro atoms. The zero-order chi connectivity index (χ0) is 11.7. The number of aliphatic imine (C=N–C) groups is 2. The van der Waals surface area contributed by atoms with E-state index in [2.05, 4.69) is 15.3 Å². The van der Waals surface area contributed by atoms with Crippen molar-refractivity contribution in [2.45, 2.75) is 25.2 Å². The summed E-state index contributed by atoms with van der Waals surface area (Å²) in [6, 6.07) is 0. The number of nitrogens with one attached hydrogen (secondary N) is 1. The summed E-state index contributed by atoms with van der Waals surface area (Å²) in [4.78, 5) is 6.92. The van der Waals surface area contributed by atoms with E-state index >= 15 is 0 Å². The Kier molecular flexibility index (Phi) is 3.25. The second-order valence-electron chi connectivity index (χ2n) is 3.60. The molecule has 1 rings (SSSR count). The standard InChI is InChI=1S/C9H12ClF2N3/c1-8(13-3)4-15-9(2,12)5-14-7(11)6(8)10/h4-5,13H,1-3H3. The average molecular weight is 236 g/mol. The van der Waals surface area contributed by atoms with Gasteiger partial charge in [0.2, 0.25) is 11.7 Å². The summed E-state index contributed by atoms with van der Waals surface area (Å²) in [5.41, 5.74) is -1.04. The second-order valence-corrected chi connectivity index (χ2v) is 3.98. The number of rotatable bonds is 1. The fourth-order valence-corrected chi connectivity index (χ4v) is 1.16. The SMILES string of the molecule is CNC1(C)C=NC(C)(F)C=NC(F)=C1Cl. The Morgan fingerprint density at radius 3 is 2.53 bits per heavy atom. The fourth-order valence-electron chi connectivity index (χ4n) is 0.965. The molecule has 1 heterocycles. The van der Waals surface area contributed by atoms with Crippen molar-refractivity contribution in [2.24, 2.45) is 9.98 Å². The van der Waals surface area contributed by atoms with Gasteiger partial charge < -0.3 is 5.32 Å². The van der Waals surface area contributed by atoms with Crippen LogP contribution in [0.15, 0.2) is 21.0 Å². The van der Waals surface area contributed by atoms with E-state index < -0.39 is 17.3 Å². The molecule has 0 saturated heterocycles. The van der Waals surface area contributed by atoms with Crippen molar-refractivity contribution in [3.63, 3.8) is 0 Å². The van der Waals surface area contributed by atoms with Crippen molar-refractivity contribution in [1.82, 2.24) is 5.32 Å². The van der Waals surface area contributed by atoms with Crippen molar-refractivity contribution < 1.29 is 8.78 Å². The molecule has 84 valence electrons. The van der Waals surface area contributed by atoms with Crippen LogP contribution in [0.2, 0.25) is 0 Å². The first kappa shape index (κ1) is 12.3. The Morgan fingerprint density at radius 2 is 2.00 bits per heavy atom. The summed E-state index contributed by atoms with van der Waals surface area (Å²) in [6.07, 6.45) is 2.01. The van der Waals surface area contributed by atoms with Crippen LogP contribution in [0.3, 0.4) is 0 Å². The molecule has 1 N–H and O–H groups in total. The Morgan fingerprint density at radius 1 is 1.40 bits per heavy atom. The monoisotopic (exact) mass is 235 g/mol. The number of halogens is 3. The van der Waals surface area contributed by atoms with E-state index in [4.69, 9.17) is 11.6 Å². The Hall–Kier alpha value is -0.810. The minimum atomic E-state index is -2.02. The second kappa shape index (κ2) is 3.98. The van der Waals surface area contributed by atoms with Crippen molar-refractivity contribution >= 4 is 24.0 Å². The first-order valence-corrected chi connectivity index (χ1v) is 4.74. The number of alkyl halides is 1. The van der Waals surface area contributed by atoms with Crippen LogP contribution in [0.5, 0.6) is 0 Å². The van der Waals surface area contributed by atoms with Crippen LogP contribution in [-0.4, -0.2) is 30.8 Å². The lowest BCUT2D eigenvalue weighted by atomic mass is 10.0. The quantitative estimate of drug-likeness (QED) is 0.695. The maximum absolute atomic E-state index is 13.5. The van der Waals surface area contributed by atoms with E-state index in [-0.39, 0.29) is 5.03 Å². The van der Waals surface area contributed by atoms with E-state index in [9.17, 15) is 8.78 Å². The smallest absolute Gasteiger partial charge is 0.232 e. The first-order valence-electron chi connectivity index (χ1n) is 4.36. The van der Waals surface area contributed by atoms with Crippen molar-refractivity contribution in [3.8, 4) is 0 Å². The molecule has 0 fully saturated rings. The van der Waals surface area contributed by atoms with Crippen LogP contribution >= 0.6 is 11.6 Å². The normalized spacial score (nSPS) is 36.7. The molecule has 3 nitrogen and oxygen atoms in total. The molecule has 2 atom stereocenters. The highest BCUT2D eigenvalue weighted by Gasteiger charge is 2.31. The van der Waals surface area contributed by atoms with Gasteiger partial charge in [0.15, 0.2) is 0 Å². The van der Waals surface area contributed by atoms with Crippen LogP contribution in [0.4, 0.5) is 8.78 Å². The highest BCUT2D eigenvalue weighted by atomic mass is 35.5. The minimum Gasteiger partial charge on any atom is -0.305 e. The number of nitrogens with zero attached hydrogens (tertiary/aromatic N) is 2. The Balaban J connectivity index is 3.28. The third-order valence-electron chi connectivity index (χ3n) is 2.15. The van der Waals surface area contributed by atoms with Gasteiger partial charge in [-0.1, -0.05) is 11.6 Å². The summed E-state index contributed by atoms with van der Waals surface area (Å²) >= 11 is 5.76. The van der Waals surface area contributed by atoms with Gasteiger partial charge in [-0.15, -0.1) is 0 Å². The molecule has 0 saturated carbocycles. The van der Waals surface area contributed by atoms with Crippen molar-refractivity contribution in [3.05, 3.63) is 11.0 Å². The fraction of sp³-hybridized carbons (Fsp3) is 0.556. The van der Waals surface area contributed by atoms with Gasteiger partial charge in [-0.25, -0.2) is 9.38 Å². The molecular formula is C9H12ClF2N3. The van der Waals surface area contributed by atoms with Gasteiger partial charge in [0.25, 0.3) is 0 Å². The Labute approximate surface area is 91.9 Å². The zero-order valence-electron chi connectivity index (χ0n) is 8.68. The lowest BCUT2D eigenvalue weighted by Crippen LogP contribution is -2.43. The van der Waals surface area contributed by atoms with Crippen LogP contribution in [0.25, 0.3) is 0 Å². The highest BCUT2D eigenvalue weighted by molar-refractivity contribution is 6.32. The van der Waals surface area contributed by atoms with Gasteiger partial charge in [0, 0.05) is 6.21 Å². The van der Waals surface area contributed by atoms with E-state index in [1.54, 1.807) is 14.0 Å². The predicted octanol–water partition coefficient (Wildman–Crippen LogP) is 2.18. The van der Waals surface area contributed by atoms with Gasteiger partial charge >= 0.3 is 0 Å². The van der Waals surface area contributed by atoms with Gasteiger partial charge in [0.1, 0.15) is 0 Å². The third-order valence-corrected chi connectivity index (χ3v) is 2.69. The lowest BCUT2D eigenvalue weighted by molar-refractivity contribution is 0.303. The van der Waals surface area contributed by atoms with E-state index in [1.165, 1.54) is 13.1 Å². The Bertz CT molecular complexity index is 349. The summed E-state index contributed by atoms with van der Waals surface area (Å²) < 4.78 is 26.8. The van der Waals surface area contributed by atoms with E-state index in [0.29, 0.717) is 0 Å². The molecule has 0 aromatic rings. The predicted molar refractivity (Wildman–Crippen MR) is 57.9 cm³/mol. The van der Waals surface area contributed by atoms with Gasteiger partial charge in [-0.3, -0.25) is 4.99 Å². The topological polar surface area (TPSA) is 36.8 Å². The molecule has 0 amide bonds. The molecular weight excluding hydrogens is 224 g/mol. The molecule has 2 unspecified atom stereocenters. The molecule has 0 aromatic carbocycles. The molecule has 0 radical (unpaired) electrons. The zero-order valence-corrected chi connectivity index (χ0v) is 9.44. The maximum atomic E-state index is 13.5. The highest BCUT2D eigenvalue weighted by Crippen LogP contribution is 2.27. The van der Waals surface area contributed by atoms with Gasteiger partial charge in [-0.05, 0) is 20.9 Å². The van der Waals surface area contributed by atoms with Gasteiger partial charge in [0.05, 0.1) is 16.8 Å². The molecule has 0 bridgehead atoms. The van der Waals surface area contributed by atoms with Gasteiger partial charge in [-0.2, -0.15) is 4.39 Å². The number of likely N-dealkylation sites (N-methyl/N-ethyl adjacent to an activating group) is 1.